The van der Waals surface area contributed by atoms with Crippen LogP contribution in [0, 0.1) is 11.3 Å². The average molecular weight is 395 g/mol. The second-order valence-corrected chi connectivity index (χ2v) is 9.94. The lowest BCUT2D eigenvalue weighted by atomic mass is 9.79. The van der Waals surface area contributed by atoms with Gasteiger partial charge in [0.15, 0.2) is 0 Å². The molecule has 9 nitrogen and oxygen atoms in total. The number of amides is 1. The zero-order valence-corrected chi connectivity index (χ0v) is 17.1. The molecule has 3 atom stereocenters. The van der Waals surface area contributed by atoms with Crippen molar-refractivity contribution in [3.8, 4) is 0 Å². The van der Waals surface area contributed by atoms with E-state index in [9.17, 15) is 18.0 Å². The van der Waals surface area contributed by atoms with Crippen molar-refractivity contribution in [2.45, 2.75) is 65.8 Å². The summed E-state index contributed by atoms with van der Waals surface area (Å²) in [7, 11) is -3.84. The quantitative estimate of drug-likeness (QED) is 0.567. The van der Waals surface area contributed by atoms with Gasteiger partial charge in [-0.3, -0.25) is 4.18 Å². The summed E-state index contributed by atoms with van der Waals surface area (Å²) in [5.74, 6) is -1.74. The highest BCUT2D eigenvalue weighted by Crippen LogP contribution is 2.35. The third-order valence-corrected chi connectivity index (χ3v) is 4.07. The van der Waals surface area contributed by atoms with Crippen LogP contribution in [0.2, 0.25) is 0 Å². The zero-order chi connectivity index (χ0) is 20.3. The molecule has 0 saturated carbocycles. The fourth-order valence-electron chi connectivity index (χ4n) is 2.57. The van der Waals surface area contributed by atoms with Gasteiger partial charge in [0.2, 0.25) is 0 Å². The van der Waals surface area contributed by atoms with Gasteiger partial charge in [-0.25, -0.2) is 9.59 Å². The highest BCUT2D eigenvalue weighted by Gasteiger charge is 2.47. The van der Waals surface area contributed by atoms with Gasteiger partial charge in [-0.15, -0.1) is 5.48 Å². The van der Waals surface area contributed by atoms with E-state index in [0.717, 1.165) is 6.26 Å². The van der Waals surface area contributed by atoms with Crippen LogP contribution in [0.3, 0.4) is 0 Å². The van der Waals surface area contributed by atoms with Gasteiger partial charge in [0.25, 0.3) is 10.1 Å². The minimum Gasteiger partial charge on any atom is -0.442 e. The Morgan fingerprint density at radius 1 is 1.12 bits per heavy atom. The van der Waals surface area contributed by atoms with E-state index in [2.05, 4.69) is 0 Å². The lowest BCUT2D eigenvalue weighted by Crippen LogP contribution is -2.53. The summed E-state index contributed by atoms with van der Waals surface area (Å²) in [5.41, 5.74) is 0.682. The SMILES string of the molecule is CC(C)(C)OC(=O)NOC(=O)C1CCOC(C(C)(C)C)C1OS(C)(=O)=O. The van der Waals surface area contributed by atoms with E-state index in [1.165, 1.54) is 0 Å². The molecule has 1 rings (SSSR count). The number of rotatable bonds is 3. The minimum absolute atomic E-state index is 0.196. The van der Waals surface area contributed by atoms with Crippen LogP contribution >= 0.6 is 0 Å². The monoisotopic (exact) mass is 395 g/mol. The van der Waals surface area contributed by atoms with Gasteiger partial charge in [-0.2, -0.15) is 8.42 Å². The number of hydrogen-bond acceptors (Lipinski definition) is 8. The molecule has 0 radical (unpaired) electrons. The van der Waals surface area contributed by atoms with E-state index in [0.29, 0.717) is 0 Å². The van der Waals surface area contributed by atoms with E-state index in [4.69, 9.17) is 18.5 Å². The molecule has 10 heteroatoms. The van der Waals surface area contributed by atoms with Gasteiger partial charge in [0, 0.05) is 6.61 Å². The molecule has 1 N–H and O–H groups in total. The third kappa shape index (κ3) is 7.46. The molecule has 0 bridgehead atoms. The normalized spacial score (nSPS) is 24.7. The Morgan fingerprint density at radius 2 is 1.69 bits per heavy atom. The summed E-state index contributed by atoms with van der Waals surface area (Å²) in [4.78, 5) is 28.8. The molecule has 1 amide bonds. The molecule has 0 aromatic heterocycles. The predicted molar refractivity (Wildman–Crippen MR) is 92.5 cm³/mol. The number of hydrogen-bond donors (Lipinski definition) is 1. The van der Waals surface area contributed by atoms with Gasteiger partial charge in [-0.1, -0.05) is 20.8 Å². The molecule has 1 aliphatic heterocycles. The third-order valence-electron chi connectivity index (χ3n) is 3.50. The number of hydroxylamine groups is 1. The molecular weight excluding hydrogens is 366 g/mol. The fraction of sp³-hybridized carbons (Fsp3) is 0.875. The van der Waals surface area contributed by atoms with Crippen LogP contribution in [0.25, 0.3) is 0 Å². The smallest absolute Gasteiger partial charge is 0.441 e. The Morgan fingerprint density at radius 3 is 2.15 bits per heavy atom. The molecule has 1 heterocycles. The second-order valence-electron chi connectivity index (χ2n) is 8.34. The largest absolute Gasteiger partial charge is 0.442 e. The minimum atomic E-state index is -3.84. The lowest BCUT2D eigenvalue weighted by molar-refractivity contribution is -0.178. The maximum absolute atomic E-state index is 12.4. The Bertz CT molecular complexity index is 617. The van der Waals surface area contributed by atoms with Crippen molar-refractivity contribution in [2.24, 2.45) is 11.3 Å². The first-order valence-electron chi connectivity index (χ1n) is 8.30. The summed E-state index contributed by atoms with van der Waals surface area (Å²) >= 11 is 0. The van der Waals surface area contributed by atoms with E-state index < -0.39 is 51.3 Å². The van der Waals surface area contributed by atoms with E-state index in [1.54, 1.807) is 20.8 Å². The Kier molecular flexibility index (Phi) is 7.05. The molecule has 0 aromatic rings. The zero-order valence-electron chi connectivity index (χ0n) is 16.3. The molecule has 0 aromatic carbocycles. The molecule has 1 aliphatic rings. The van der Waals surface area contributed by atoms with Gasteiger partial charge < -0.3 is 14.3 Å². The Labute approximate surface area is 154 Å². The van der Waals surface area contributed by atoms with Crippen LogP contribution < -0.4 is 5.48 Å². The first kappa shape index (κ1) is 22.7. The Balaban J connectivity index is 2.88. The summed E-state index contributed by atoms with van der Waals surface area (Å²) < 4.78 is 39.1. The standard InChI is InChI=1S/C16H29NO8S/c1-15(2,3)12-11(25-26(7,20)21)10(8-9-22-12)13(18)24-17-14(19)23-16(4,5)6/h10-12H,8-9H2,1-7H3,(H,17,19). The van der Waals surface area contributed by atoms with Crippen molar-refractivity contribution in [1.29, 1.82) is 0 Å². The van der Waals surface area contributed by atoms with Gasteiger partial charge in [-0.05, 0) is 32.6 Å². The summed E-state index contributed by atoms with van der Waals surface area (Å²) in [6.07, 6.45) is -1.54. The first-order valence-corrected chi connectivity index (χ1v) is 10.1. The molecule has 0 spiro atoms. The summed E-state index contributed by atoms with van der Waals surface area (Å²) in [6, 6.07) is 0. The average Bonchev–Trinajstić information content (AvgIpc) is 2.40. The van der Waals surface area contributed by atoms with Crippen molar-refractivity contribution < 1.29 is 36.5 Å². The summed E-state index contributed by atoms with van der Waals surface area (Å²) in [5, 5.41) is 0. The van der Waals surface area contributed by atoms with Gasteiger partial charge in [0.1, 0.15) is 11.7 Å². The van der Waals surface area contributed by atoms with Crippen molar-refractivity contribution in [1.82, 2.24) is 5.48 Å². The molecule has 152 valence electrons. The number of carbonyl (C=O) groups excluding carboxylic acids is 2. The predicted octanol–water partition coefficient (Wildman–Crippen LogP) is 1.77. The molecular formula is C16H29NO8S. The fourth-order valence-corrected chi connectivity index (χ4v) is 3.21. The maximum atomic E-state index is 12.4. The lowest BCUT2D eigenvalue weighted by Gasteiger charge is -2.42. The Hall–Kier alpha value is -1.39. The van der Waals surface area contributed by atoms with Crippen molar-refractivity contribution in [2.75, 3.05) is 12.9 Å². The summed E-state index contributed by atoms with van der Waals surface area (Å²) in [6.45, 7) is 10.8. The number of carbonyl (C=O) groups is 2. The van der Waals surface area contributed by atoms with Crippen molar-refractivity contribution in [3.05, 3.63) is 0 Å². The first-order chi connectivity index (χ1) is 11.6. The molecule has 3 unspecified atom stereocenters. The van der Waals surface area contributed by atoms with Crippen LogP contribution in [0.15, 0.2) is 0 Å². The highest BCUT2D eigenvalue weighted by atomic mass is 32.2. The molecule has 0 aliphatic carbocycles. The van der Waals surface area contributed by atoms with Crippen LogP contribution in [0.5, 0.6) is 0 Å². The van der Waals surface area contributed by atoms with Crippen LogP contribution in [0.4, 0.5) is 4.79 Å². The van der Waals surface area contributed by atoms with E-state index in [1.807, 2.05) is 26.3 Å². The molecule has 1 fully saturated rings. The number of ether oxygens (including phenoxy) is 2. The van der Waals surface area contributed by atoms with Crippen LogP contribution in [0.1, 0.15) is 48.0 Å². The van der Waals surface area contributed by atoms with Crippen molar-refractivity contribution >= 4 is 22.2 Å². The maximum Gasteiger partial charge on any atom is 0.441 e. The molecule has 1 saturated heterocycles. The second kappa shape index (κ2) is 8.10. The van der Waals surface area contributed by atoms with E-state index in [-0.39, 0.29) is 13.0 Å². The van der Waals surface area contributed by atoms with Crippen LogP contribution in [-0.4, -0.2) is 51.2 Å². The van der Waals surface area contributed by atoms with Crippen LogP contribution in [-0.2, 0) is 33.4 Å². The van der Waals surface area contributed by atoms with Crippen molar-refractivity contribution in [3.63, 3.8) is 0 Å². The van der Waals surface area contributed by atoms with Gasteiger partial charge in [0.05, 0.1) is 18.3 Å². The van der Waals surface area contributed by atoms with Gasteiger partial charge >= 0.3 is 12.1 Å². The highest BCUT2D eigenvalue weighted by molar-refractivity contribution is 7.86. The van der Waals surface area contributed by atoms with E-state index >= 15 is 0 Å². The molecule has 26 heavy (non-hydrogen) atoms. The topological polar surface area (TPSA) is 117 Å². The number of nitrogens with one attached hydrogen (secondary N) is 1.